The van der Waals surface area contributed by atoms with Gasteiger partial charge in [0.05, 0.1) is 0 Å². The van der Waals surface area contributed by atoms with Crippen LogP contribution in [0.4, 0.5) is 0 Å². The number of ether oxygens (including phenoxy) is 1. The molecule has 23 heavy (non-hydrogen) atoms. The van der Waals surface area contributed by atoms with E-state index in [9.17, 15) is 4.79 Å². The number of amides is 1. The van der Waals surface area contributed by atoms with Crippen LogP contribution in [0.2, 0.25) is 0 Å². The second-order valence-corrected chi connectivity index (χ2v) is 6.49. The molecule has 1 aromatic carbocycles. The van der Waals surface area contributed by atoms with Crippen LogP contribution in [0.25, 0.3) is 5.57 Å². The molecular weight excluding hydrogens is 286 g/mol. The van der Waals surface area contributed by atoms with Gasteiger partial charge in [-0.3, -0.25) is 4.79 Å². The van der Waals surface area contributed by atoms with Crippen LogP contribution in [0.3, 0.4) is 0 Å². The first-order valence-electron chi connectivity index (χ1n) is 8.54. The summed E-state index contributed by atoms with van der Waals surface area (Å²) in [4.78, 5) is 13.5. The van der Waals surface area contributed by atoms with E-state index in [1.54, 1.807) is 0 Å². The summed E-state index contributed by atoms with van der Waals surface area (Å²) in [7, 11) is 0. The number of likely N-dealkylation sites (tertiary alicyclic amines) is 1. The molecule has 0 radical (unpaired) electrons. The Morgan fingerprint density at radius 1 is 1.30 bits per heavy atom. The normalized spacial score (nSPS) is 19.1. The van der Waals surface area contributed by atoms with Crippen molar-refractivity contribution >= 4 is 11.5 Å². The van der Waals surface area contributed by atoms with E-state index in [-0.39, 0.29) is 12.0 Å². The predicted octanol–water partition coefficient (Wildman–Crippen LogP) is 4.20. The molecule has 0 saturated carbocycles. The maximum atomic E-state index is 11.6. The quantitative estimate of drug-likeness (QED) is 0.780. The second-order valence-electron chi connectivity index (χ2n) is 6.49. The minimum Gasteiger partial charge on any atom is -0.490 e. The summed E-state index contributed by atoms with van der Waals surface area (Å²) in [5.74, 6) is 0.970. The zero-order valence-electron chi connectivity index (χ0n) is 13.9. The van der Waals surface area contributed by atoms with Gasteiger partial charge in [-0.15, -0.1) is 0 Å². The molecule has 0 atom stereocenters. The van der Waals surface area contributed by atoms with Gasteiger partial charge in [0.25, 0.3) is 0 Å². The molecule has 0 N–H and O–H groups in total. The van der Waals surface area contributed by atoms with Crippen molar-refractivity contribution in [1.82, 2.24) is 4.90 Å². The van der Waals surface area contributed by atoms with Gasteiger partial charge in [-0.25, -0.2) is 0 Å². The van der Waals surface area contributed by atoms with Crippen molar-refractivity contribution in [2.24, 2.45) is 0 Å². The zero-order chi connectivity index (χ0) is 16.2. The Morgan fingerprint density at radius 3 is 2.74 bits per heavy atom. The molecule has 1 amide bonds. The van der Waals surface area contributed by atoms with Crippen molar-refractivity contribution in [2.75, 3.05) is 13.1 Å². The first-order chi connectivity index (χ1) is 11.2. The topological polar surface area (TPSA) is 29.5 Å². The average Bonchev–Trinajstić information content (AvgIpc) is 3.01. The molecule has 1 fully saturated rings. The smallest absolute Gasteiger partial charge is 0.245 e. The summed E-state index contributed by atoms with van der Waals surface area (Å²) >= 11 is 0. The standard InChI is InChI=1S/C20H25NO2/c1-3-20(22)21-12-10-17(11-13-21)23-18-8-5-7-16(14-18)19-9-4-6-15(19)2/h3,5,7-8,14,17H,1,4,6,9-13H2,2H3. The first-order valence-corrected chi connectivity index (χ1v) is 8.54. The molecule has 1 aliphatic heterocycles. The third-order valence-electron chi connectivity index (χ3n) is 4.91. The summed E-state index contributed by atoms with van der Waals surface area (Å²) in [5.41, 5.74) is 4.30. The van der Waals surface area contributed by atoms with E-state index < -0.39 is 0 Å². The fraction of sp³-hybridized carbons (Fsp3) is 0.450. The highest BCUT2D eigenvalue weighted by Gasteiger charge is 2.22. The minimum absolute atomic E-state index is 0.0223. The number of hydrogen-bond acceptors (Lipinski definition) is 2. The molecule has 0 aromatic heterocycles. The number of carbonyl (C=O) groups is 1. The van der Waals surface area contributed by atoms with E-state index in [4.69, 9.17) is 4.74 Å². The van der Waals surface area contributed by atoms with Gasteiger partial charge in [0, 0.05) is 25.9 Å². The lowest BCUT2D eigenvalue weighted by Gasteiger charge is -2.31. The van der Waals surface area contributed by atoms with E-state index in [0.29, 0.717) is 0 Å². The van der Waals surface area contributed by atoms with E-state index >= 15 is 0 Å². The highest BCUT2D eigenvalue weighted by Crippen LogP contribution is 2.35. The molecule has 3 rings (SSSR count). The third kappa shape index (κ3) is 3.66. The summed E-state index contributed by atoms with van der Waals surface area (Å²) in [6.45, 7) is 7.29. The number of carbonyl (C=O) groups excluding carboxylic acids is 1. The van der Waals surface area contributed by atoms with Crippen LogP contribution >= 0.6 is 0 Å². The molecule has 122 valence electrons. The maximum Gasteiger partial charge on any atom is 0.245 e. The zero-order valence-corrected chi connectivity index (χ0v) is 13.9. The summed E-state index contributed by atoms with van der Waals surface area (Å²) < 4.78 is 6.17. The van der Waals surface area contributed by atoms with Crippen molar-refractivity contribution in [2.45, 2.75) is 45.1 Å². The van der Waals surface area contributed by atoms with Crippen LogP contribution in [0, 0.1) is 0 Å². The molecule has 0 spiro atoms. The molecule has 1 aliphatic carbocycles. The lowest BCUT2D eigenvalue weighted by atomic mass is 10.0. The highest BCUT2D eigenvalue weighted by molar-refractivity contribution is 5.87. The van der Waals surface area contributed by atoms with Crippen molar-refractivity contribution in [3.8, 4) is 5.75 Å². The van der Waals surface area contributed by atoms with Gasteiger partial charge in [0.1, 0.15) is 11.9 Å². The molecule has 0 bridgehead atoms. The SMILES string of the molecule is C=CC(=O)N1CCC(Oc2cccc(C3=C(C)CCC3)c2)CC1. The van der Waals surface area contributed by atoms with E-state index in [1.807, 2.05) is 11.0 Å². The van der Waals surface area contributed by atoms with Gasteiger partial charge in [0.2, 0.25) is 5.91 Å². The molecule has 2 aliphatic rings. The van der Waals surface area contributed by atoms with Gasteiger partial charge >= 0.3 is 0 Å². The van der Waals surface area contributed by atoms with Crippen LogP contribution in [-0.2, 0) is 4.79 Å². The Morgan fingerprint density at radius 2 is 2.09 bits per heavy atom. The number of piperidine rings is 1. The molecule has 1 heterocycles. The van der Waals surface area contributed by atoms with Gasteiger partial charge in [-0.2, -0.15) is 0 Å². The summed E-state index contributed by atoms with van der Waals surface area (Å²) in [5, 5.41) is 0. The van der Waals surface area contributed by atoms with Crippen molar-refractivity contribution in [1.29, 1.82) is 0 Å². The molecule has 1 aromatic rings. The second kappa shape index (κ2) is 7.03. The van der Waals surface area contributed by atoms with Crippen molar-refractivity contribution in [3.63, 3.8) is 0 Å². The Kier molecular flexibility index (Phi) is 4.85. The maximum absolute atomic E-state index is 11.6. The van der Waals surface area contributed by atoms with Gasteiger partial charge < -0.3 is 9.64 Å². The Hall–Kier alpha value is -2.03. The van der Waals surface area contributed by atoms with Gasteiger partial charge in [-0.1, -0.05) is 24.3 Å². The molecule has 0 unspecified atom stereocenters. The fourth-order valence-electron chi connectivity index (χ4n) is 3.56. The number of nitrogens with zero attached hydrogens (tertiary/aromatic N) is 1. The van der Waals surface area contributed by atoms with Crippen LogP contribution < -0.4 is 4.74 Å². The first kappa shape index (κ1) is 15.9. The Bertz CT molecular complexity index is 624. The lowest BCUT2D eigenvalue weighted by Crippen LogP contribution is -2.41. The van der Waals surface area contributed by atoms with Gasteiger partial charge in [0.15, 0.2) is 0 Å². The Labute approximate surface area is 138 Å². The number of allylic oxidation sites excluding steroid dienone is 2. The van der Waals surface area contributed by atoms with Crippen LogP contribution in [0.5, 0.6) is 5.75 Å². The minimum atomic E-state index is 0.0223. The van der Waals surface area contributed by atoms with Crippen LogP contribution in [0.1, 0.15) is 44.6 Å². The average molecular weight is 311 g/mol. The summed E-state index contributed by atoms with van der Waals surface area (Å²) in [6, 6.07) is 8.48. The Balaban J connectivity index is 1.62. The number of hydrogen-bond donors (Lipinski definition) is 0. The predicted molar refractivity (Wildman–Crippen MR) is 93.3 cm³/mol. The number of benzene rings is 1. The van der Waals surface area contributed by atoms with Crippen LogP contribution in [-0.4, -0.2) is 30.0 Å². The molecule has 3 heteroatoms. The van der Waals surface area contributed by atoms with E-state index in [0.717, 1.165) is 31.7 Å². The fourth-order valence-corrected chi connectivity index (χ4v) is 3.56. The number of rotatable bonds is 4. The third-order valence-corrected chi connectivity index (χ3v) is 4.91. The van der Waals surface area contributed by atoms with Crippen LogP contribution in [0.15, 0.2) is 42.5 Å². The van der Waals surface area contributed by atoms with Crippen molar-refractivity contribution < 1.29 is 9.53 Å². The molecular formula is C20H25NO2. The lowest BCUT2D eigenvalue weighted by molar-refractivity contribution is -0.127. The monoisotopic (exact) mass is 311 g/mol. The van der Waals surface area contributed by atoms with Crippen molar-refractivity contribution in [3.05, 3.63) is 48.1 Å². The largest absolute Gasteiger partial charge is 0.490 e. The van der Waals surface area contributed by atoms with E-state index in [1.165, 1.54) is 42.0 Å². The van der Waals surface area contributed by atoms with Gasteiger partial charge in [-0.05, 0) is 55.5 Å². The summed E-state index contributed by atoms with van der Waals surface area (Å²) in [6.07, 6.45) is 7.01. The molecule has 1 saturated heterocycles. The van der Waals surface area contributed by atoms with E-state index in [2.05, 4.69) is 31.7 Å². The highest BCUT2D eigenvalue weighted by atomic mass is 16.5. The molecule has 3 nitrogen and oxygen atoms in total.